The van der Waals surface area contributed by atoms with E-state index in [1.807, 2.05) is 6.20 Å². The molecule has 0 spiro atoms. The van der Waals surface area contributed by atoms with Gasteiger partial charge in [-0.05, 0) is 11.0 Å². The van der Waals surface area contributed by atoms with Gasteiger partial charge in [-0.15, -0.1) is 0 Å². The van der Waals surface area contributed by atoms with E-state index in [1.165, 1.54) is 0 Å². The summed E-state index contributed by atoms with van der Waals surface area (Å²) in [6.07, 6.45) is 2.96. The molecule has 14 heavy (non-hydrogen) atoms. The first-order valence-electron chi connectivity index (χ1n) is 4.75. The van der Waals surface area contributed by atoms with Crippen LogP contribution in [0, 0.1) is 0 Å². The summed E-state index contributed by atoms with van der Waals surface area (Å²) in [4.78, 5) is 0. The van der Waals surface area contributed by atoms with Crippen molar-refractivity contribution in [3.8, 4) is 0 Å². The highest BCUT2D eigenvalue weighted by molar-refractivity contribution is 5.15. The average molecular weight is 198 g/mol. The van der Waals surface area contributed by atoms with Crippen molar-refractivity contribution in [2.24, 2.45) is 0 Å². The van der Waals surface area contributed by atoms with Crippen molar-refractivity contribution in [1.29, 1.82) is 0 Å². The second kappa shape index (κ2) is 4.11. The molecule has 1 atom stereocenters. The van der Waals surface area contributed by atoms with E-state index in [-0.39, 0.29) is 12.0 Å². The van der Waals surface area contributed by atoms with Crippen molar-refractivity contribution in [1.82, 2.24) is 9.78 Å². The fourth-order valence-electron chi connectivity index (χ4n) is 1.12. The second-order valence-electron chi connectivity index (χ2n) is 4.54. The topological polar surface area (TPSA) is 58.3 Å². The first kappa shape index (κ1) is 11.2. The van der Waals surface area contributed by atoms with Crippen LogP contribution in [0.1, 0.15) is 26.3 Å². The van der Waals surface area contributed by atoms with Crippen LogP contribution in [0.4, 0.5) is 0 Å². The molecular weight excluding hydrogens is 180 g/mol. The number of rotatable bonds is 3. The molecule has 0 amide bonds. The third-order valence-corrected chi connectivity index (χ3v) is 2.11. The Labute approximate surface area is 84.2 Å². The lowest BCUT2D eigenvalue weighted by Gasteiger charge is -2.15. The van der Waals surface area contributed by atoms with Gasteiger partial charge in [-0.25, -0.2) is 0 Å². The Balaban J connectivity index is 2.69. The maximum absolute atomic E-state index is 9.21. The van der Waals surface area contributed by atoms with Gasteiger partial charge in [-0.3, -0.25) is 4.68 Å². The zero-order valence-corrected chi connectivity index (χ0v) is 8.94. The lowest BCUT2D eigenvalue weighted by Crippen LogP contribution is -2.20. The van der Waals surface area contributed by atoms with E-state index in [9.17, 15) is 5.11 Å². The molecule has 4 heteroatoms. The molecule has 0 unspecified atom stereocenters. The van der Waals surface area contributed by atoms with Crippen LogP contribution in [-0.4, -0.2) is 32.7 Å². The molecule has 1 aromatic rings. The highest BCUT2D eigenvalue weighted by atomic mass is 16.3. The van der Waals surface area contributed by atoms with Crippen LogP contribution in [0.25, 0.3) is 0 Å². The first-order chi connectivity index (χ1) is 6.43. The summed E-state index contributed by atoms with van der Waals surface area (Å²) in [5.41, 5.74) is 1.20. The molecule has 2 N–H and O–H groups in total. The van der Waals surface area contributed by atoms with Crippen LogP contribution >= 0.6 is 0 Å². The van der Waals surface area contributed by atoms with E-state index >= 15 is 0 Å². The van der Waals surface area contributed by atoms with Gasteiger partial charge in [-0.1, -0.05) is 20.8 Å². The Morgan fingerprint density at radius 2 is 2.14 bits per heavy atom. The molecule has 1 heterocycles. The van der Waals surface area contributed by atoms with Gasteiger partial charge in [0.05, 0.1) is 25.5 Å². The van der Waals surface area contributed by atoms with E-state index in [0.29, 0.717) is 6.54 Å². The second-order valence-corrected chi connectivity index (χ2v) is 4.54. The first-order valence-corrected chi connectivity index (χ1v) is 4.75. The average Bonchev–Trinajstić information content (AvgIpc) is 2.51. The molecule has 0 aliphatic carbocycles. The number of nitrogens with zero attached hydrogens (tertiary/aromatic N) is 2. The van der Waals surface area contributed by atoms with Gasteiger partial charge in [0, 0.05) is 6.20 Å². The Hall–Kier alpha value is -0.870. The molecule has 80 valence electrons. The van der Waals surface area contributed by atoms with Crippen molar-refractivity contribution in [2.75, 3.05) is 6.61 Å². The standard InChI is InChI=1S/C10H18N2O2/c1-10(2,3)8-4-11-12(5-8)6-9(14)7-13/h4-5,9,13-14H,6-7H2,1-3H3/t9-/m1/s1. The fraction of sp³-hybridized carbons (Fsp3) is 0.700. The molecule has 0 fully saturated rings. The molecule has 0 radical (unpaired) electrons. The third-order valence-electron chi connectivity index (χ3n) is 2.11. The molecule has 0 aliphatic rings. The number of aromatic nitrogens is 2. The Morgan fingerprint density at radius 3 is 2.57 bits per heavy atom. The minimum Gasteiger partial charge on any atom is -0.394 e. The highest BCUT2D eigenvalue weighted by Gasteiger charge is 2.16. The number of hydrogen-bond acceptors (Lipinski definition) is 3. The van der Waals surface area contributed by atoms with Crippen molar-refractivity contribution >= 4 is 0 Å². The Kier molecular flexibility index (Phi) is 3.29. The van der Waals surface area contributed by atoms with E-state index in [0.717, 1.165) is 5.56 Å². The van der Waals surface area contributed by atoms with Crippen LogP contribution in [-0.2, 0) is 12.0 Å². The zero-order valence-electron chi connectivity index (χ0n) is 8.94. The molecule has 1 rings (SSSR count). The summed E-state index contributed by atoms with van der Waals surface area (Å²) in [5, 5.41) is 22.0. The summed E-state index contributed by atoms with van der Waals surface area (Å²) in [6, 6.07) is 0. The summed E-state index contributed by atoms with van der Waals surface area (Å²) in [5.74, 6) is 0. The molecule has 0 saturated carbocycles. The van der Waals surface area contributed by atoms with Crippen LogP contribution in [0.3, 0.4) is 0 Å². The molecular formula is C10H18N2O2. The van der Waals surface area contributed by atoms with E-state index in [2.05, 4.69) is 25.9 Å². The molecule has 0 aliphatic heterocycles. The maximum atomic E-state index is 9.21. The van der Waals surface area contributed by atoms with E-state index < -0.39 is 6.10 Å². The van der Waals surface area contributed by atoms with Crippen LogP contribution in [0.15, 0.2) is 12.4 Å². The van der Waals surface area contributed by atoms with Crippen molar-refractivity contribution < 1.29 is 10.2 Å². The zero-order chi connectivity index (χ0) is 10.8. The van der Waals surface area contributed by atoms with Gasteiger partial charge in [0.2, 0.25) is 0 Å². The lowest BCUT2D eigenvalue weighted by atomic mass is 9.90. The Morgan fingerprint density at radius 1 is 1.50 bits per heavy atom. The molecule has 1 aromatic heterocycles. The monoisotopic (exact) mass is 198 g/mol. The summed E-state index contributed by atoms with van der Waals surface area (Å²) < 4.78 is 1.65. The fourth-order valence-corrected chi connectivity index (χ4v) is 1.12. The largest absolute Gasteiger partial charge is 0.394 e. The third kappa shape index (κ3) is 2.82. The van der Waals surface area contributed by atoms with Gasteiger partial charge < -0.3 is 10.2 Å². The van der Waals surface area contributed by atoms with Crippen molar-refractivity contribution in [2.45, 2.75) is 38.8 Å². The molecule has 4 nitrogen and oxygen atoms in total. The van der Waals surface area contributed by atoms with Gasteiger partial charge >= 0.3 is 0 Å². The minimum atomic E-state index is -0.734. The summed E-state index contributed by atoms with van der Waals surface area (Å²) >= 11 is 0. The predicted octanol–water partition coefficient (Wildman–Crippen LogP) is 0.534. The smallest absolute Gasteiger partial charge is 0.0966 e. The SMILES string of the molecule is CC(C)(C)c1cnn(C[C@@H](O)CO)c1. The number of aliphatic hydroxyl groups is 2. The van der Waals surface area contributed by atoms with Gasteiger partial charge in [0.1, 0.15) is 0 Å². The molecule has 0 aromatic carbocycles. The highest BCUT2D eigenvalue weighted by Crippen LogP contribution is 2.20. The maximum Gasteiger partial charge on any atom is 0.0966 e. The summed E-state index contributed by atoms with van der Waals surface area (Å²) in [7, 11) is 0. The number of aliphatic hydroxyl groups excluding tert-OH is 2. The van der Waals surface area contributed by atoms with Gasteiger partial charge in [-0.2, -0.15) is 5.10 Å². The van der Waals surface area contributed by atoms with Crippen LogP contribution in [0.5, 0.6) is 0 Å². The van der Waals surface area contributed by atoms with Gasteiger partial charge in [0.15, 0.2) is 0 Å². The van der Waals surface area contributed by atoms with E-state index in [1.54, 1.807) is 10.9 Å². The normalized spacial score (nSPS) is 14.4. The van der Waals surface area contributed by atoms with Crippen molar-refractivity contribution in [3.05, 3.63) is 18.0 Å². The van der Waals surface area contributed by atoms with Gasteiger partial charge in [0.25, 0.3) is 0 Å². The quantitative estimate of drug-likeness (QED) is 0.745. The molecule has 0 bridgehead atoms. The van der Waals surface area contributed by atoms with E-state index in [4.69, 9.17) is 5.11 Å². The number of hydrogen-bond donors (Lipinski definition) is 2. The molecule has 0 saturated heterocycles. The van der Waals surface area contributed by atoms with Crippen LogP contribution < -0.4 is 0 Å². The summed E-state index contributed by atoms with van der Waals surface area (Å²) in [6.45, 7) is 6.43. The minimum absolute atomic E-state index is 0.0718. The van der Waals surface area contributed by atoms with Crippen LogP contribution in [0.2, 0.25) is 0 Å². The lowest BCUT2D eigenvalue weighted by molar-refractivity contribution is 0.0782. The van der Waals surface area contributed by atoms with Crippen molar-refractivity contribution in [3.63, 3.8) is 0 Å². The predicted molar refractivity (Wildman–Crippen MR) is 54.0 cm³/mol. The Bertz CT molecular complexity index is 289.